The predicted molar refractivity (Wildman–Crippen MR) is 288 cm³/mol. The molecular weight excluding hydrogens is 829 g/mol. The van der Waals surface area contributed by atoms with Crippen LogP contribution in [-0.2, 0) is 28.6 Å². The molecule has 0 spiro atoms. The zero-order valence-electron chi connectivity index (χ0n) is 43.4. The fraction of sp³-hybridized carbons (Fsp3) is 0.656. The average molecular weight is 929 g/mol. The Kier molecular flexibility index (Phi) is 51.5. The molecule has 0 aromatic carbocycles. The van der Waals surface area contributed by atoms with E-state index in [1.807, 2.05) is 0 Å². The maximum atomic E-state index is 12.7. The van der Waals surface area contributed by atoms with E-state index in [4.69, 9.17) is 14.2 Å². The minimum atomic E-state index is -0.804. The van der Waals surface area contributed by atoms with Crippen LogP contribution in [0.5, 0.6) is 0 Å². The van der Waals surface area contributed by atoms with Gasteiger partial charge in [-0.05, 0) is 96.3 Å². The molecule has 0 rings (SSSR count). The minimum absolute atomic E-state index is 0.101. The first-order valence-corrected chi connectivity index (χ1v) is 27.4. The Bertz CT molecular complexity index is 1390. The van der Waals surface area contributed by atoms with Gasteiger partial charge in [0.05, 0.1) is 0 Å². The molecule has 0 heterocycles. The molecule has 0 N–H and O–H groups in total. The molecule has 1 atom stereocenters. The van der Waals surface area contributed by atoms with Gasteiger partial charge in [0, 0.05) is 19.3 Å². The van der Waals surface area contributed by atoms with Crippen LogP contribution in [0.3, 0.4) is 0 Å². The third-order valence-corrected chi connectivity index (χ3v) is 11.3. The van der Waals surface area contributed by atoms with E-state index < -0.39 is 6.10 Å². The van der Waals surface area contributed by atoms with E-state index in [0.717, 1.165) is 116 Å². The lowest BCUT2D eigenvalue weighted by atomic mass is 10.0. The van der Waals surface area contributed by atoms with Crippen molar-refractivity contribution in [1.82, 2.24) is 0 Å². The average Bonchev–Trinajstić information content (AvgIpc) is 3.33. The smallest absolute Gasteiger partial charge is 0.306 e. The van der Waals surface area contributed by atoms with E-state index in [1.54, 1.807) is 0 Å². The van der Waals surface area contributed by atoms with Crippen molar-refractivity contribution >= 4 is 17.9 Å². The van der Waals surface area contributed by atoms with Crippen LogP contribution in [0.25, 0.3) is 0 Å². The molecule has 0 aliphatic heterocycles. The quantitative estimate of drug-likeness (QED) is 0.0262. The molecule has 0 aromatic rings. The number of esters is 3. The standard InChI is InChI=1S/C61H100O6/c1-4-7-10-13-15-17-19-21-23-25-26-27-28-29-30-31-32-33-34-36-37-39-41-43-45-48-51-54-60(63)66-57-58(56-65-59(62)53-50-47-12-9-6-3)67-61(64)55-52-49-46-44-42-40-38-35-24-22-20-18-16-14-11-8-5-2/h7-8,10-11,15-18,21-24,26-27,38,40,44,46,58H,4-6,9,12-14,19-20,25,28-37,39,41-43,45,47-57H2,1-3H3/b10-7-,11-8-,17-15-,18-16-,23-21-,24-22-,27-26-,40-38-,46-44-. The fourth-order valence-electron chi connectivity index (χ4n) is 7.23. The van der Waals surface area contributed by atoms with Crippen molar-refractivity contribution in [2.75, 3.05) is 13.2 Å². The number of allylic oxidation sites excluding steroid dienone is 18. The molecule has 0 aliphatic carbocycles. The maximum Gasteiger partial charge on any atom is 0.306 e. The second-order valence-corrected chi connectivity index (χ2v) is 17.7. The van der Waals surface area contributed by atoms with Crippen molar-refractivity contribution in [2.24, 2.45) is 0 Å². The summed E-state index contributed by atoms with van der Waals surface area (Å²) < 4.78 is 16.6. The van der Waals surface area contributed by atoms with E-state index >= 15 is 0 Å². The fourth-order valence-corrected chi connectivity index (χ4v) is 7.23. The van der Waals surface area contributed by atoms with Crippen molar-refractivity contribution < 1.29 is 28.6 Å². The van der Waals surface area contributed by atoms with Gasteiger partial charge in [0.15, 0.2) is 6.10 Å². The van der Waals surface area contributed by atoms with Crippen LogP contribution in [0.15, 0.2) is 109 Å². The molecule has 0 aromatic heterocycles. The third kappa shape index (κ3) is 52.9. The molecule has 380 valence electrons. The summed E-state index contributed by atoms with van der Waals surface area (Å²) in [6, 6.07) is 0. The van der Waals surface area contributed by atoms with E-state index in [2.05, 4.69) is 130 Å². The van der Waals surface area contributed by atoms with Crippen LogP contribution < -0.4 is 0 Å². The largest absolute Gasteiger partial charge is 0.462 e. The Hall–Kier alpha value is -3.93. The summed E-state index contributed by atoms with van der Waals surface area (Å²) in [5.74, 6) is -0.978. The highest BCUT2D eigenvalue weighted by atomic mass is 16.6. The second kappa shape index (κ2) is 54.7. The molecule has 0 radical (unpaired) electrons. The van der Waals surface area contributed by atoms with Crippen molar-refractivity contribution in [3.05, 3.63) is 109 Å². The summed E-state index contributed by atoms with van der Waals surface area (Å²) in [6.07, 6.45) is 74.2. The maximum absolute atomic E-state index is 12.7. The first-order chi connectivity index (χ1) is 33.0. The van der Waals surface area contributed by atoms with Gasteiger partial charge < -0.3 is 14.2 Å². The third-order valence-electron chi connectivity index (χ3n) is 11.3. The normalized spacial score (nSPS) is 12.9. The van der Waals surface area contributed by atoms with Crippen molar-refractivity contribution in [3.8, 4) is 0 Å². The Morgan fingerprint density at radius 1 is 0.313 bits per heavy atom. The summed E-state index contributed by atoms with van der Waals surface area (Å²) >= 11 is 0. The van der Waals surface area contributed by atoms with Crippen molar-refractivity contribution in [2.45, 2.75) is 245 Å². The van der Waals surface area contributed by atoms with E-state index in [9.17, 15) is 14.4 Å². The van der Waals surface area contributed by atoms with Gasteiger partial charge in [0.2, 0.25) is 0 Å². The van der Waals surface area contributed by atoms with Crippen LogP contribution in [0, 0.1) is 0 Å². The lowest BCUT2D eigenvalue weighted by Crippen LogP contribution is -2.30. The van der Waals surface area contributed by atoms with E-state index in [0.29, 0.717) is 19.3 Å². The molecule has 0 aliphatic rings. The number of hydrogen-bond acceptors (Lipinski definition) is 6. The Labute approximate surface area is 412 Å². The Balaban J connectivity index is 4.14. The number of ether oxygens (including phenoxy) is 3. The number of unbranched alkanes of at least 4 members (excludes halogenated alkanes) is 19. The van der Waals surface area contributed by atoms with E-state index in [1.165, 1.54) is 77.0 Å². The van der Waals surface area contributed by atoms with Crippen LogP contribution in [-0.4, -0.2) is 37.2 Å². The van der Waals surface area contributed by atoms with Gasteiger partial charge in [-0.25, -0.2) is 0 Å². The van der Waals surface area contributed by atoms with E-state index in [-0.39, 0.29) is 37.5 Å². The zero-order chi connectivity index (χ0) is 48.6. The second-order valence-electron chi connectivity index (χ2n) is 17.7. The lowest BCUT2D eigenvalue weighted by molar-refractivity contribution is -0.167. The number of rotatable bonds is 48. The summed E-state index contributed by atoms with van der Waals surface area (Å²) in [7, 11) is 0. The van der Waals surface area contributed by atoms with Crippen LogP contribution in [0.4, 0.5) is 0 Å². The SMILES string of the molecule is CC/C=C\C/C=C\C/C=C\C/C=C\C/C=C\CCCC(=O)OC(COC(=O)CCCCCCC)COC(=O)CCCCCCCCCCCCCCCC/C=C\C/C=C\C/C=C\C/C=C\CC. The van der Waals surface area contributed by atoms with Gasteiger partial charge in [0.1, 0.15) is 13.2 Å². The first kappa shape index (κ1) is 63.1. The molecule has 6 nitrogen and oxygen atoms in total. The van der Waals surface area contributed by atoms with Gasteiger partial charge >= 0.3 is 17.9 Å². The monoisotopic (exact) mass is 929 g/mol. The number of hydrogen-bond donors (Lipinski definition) is 0. The van der Waals surface area contributed by atoms with Gasteiger partial charge in [-0.1, -0.05) is 233 Å². The molecular formula is C61H100O6. The molecule has 6 heteroatoms. The molecule has 67 heavy (non-hydrogen) atoms. The summed E-state index contributed by atoms with van der Waals surface area (Å²) in [5, 5.41) is 0. The zero-order valence-corrected chi connectivity index (χ0v) is 43.4. The van der Waals surface area contributed by atoms with Gasteiger partial charge in [-0.15, -0.1) is 0 Å². The molecule has 0 bridgehead atoms. The Morgan fingerprint density at radius 2 is 0.597 bits per heavy atom. The molecule has 0 saturated carbocycles. The lowest BCUT2D eigenvalue weighted by Gasteiger charge is -2.18. The number of carbonyl (C=O) groups excluding carboxylic acids is 3. The van der Waals surface area contributed by atoms with Crippen LogP contribution in [0.2, 0.25) is 0 Å². The topological polar surface area (TPSA) is 78.9 Å². The molecule has 1 unspecified atom stereocenters. The highest BCUT2D eigenvalue weighted by molar-refractivity contribution is 5.71. The molecule has 0 fully saturated rings. The highest BCUT2D eigenvalue weighted by Gasteiger charge is 2.19. The minimum Gasteiger partial charge on any atom is -0.462 e. The highest BCUT2D eigenvalue weighted by Crippen LogP contribution is 2.15. The molecule has 0 amide bonds. The summed E-state index contributed by atoms with van der Waals surface area (Å²) in [4.78, 5) is 37.7. The van der Waals surface area contributed by atoms with Gasteiger partial charge in [-0.3, -0.25) is 14.4 Å². The summed E-state index contributed by atoms with van der Waals surface area (Å²) in [5.41, 5.74) is 0. The van der Waals surface area contributed by atoms with Crippen molar-refractivity contribution in [1.29, 1.82) is 0 Å². The predicted octanol–water partition coefficient (Wildman–Crippen LogP) is 18.3. The number of carbonyl (C=O) groups is 3. The Morgan fingerprint density at radius 3 is 0.955 bits per heavy atom. The summed E-state index contributed by atoms with van der Waals surface area (Å²) in [6.45, 7) is 6.27. The first-order valence-electron chi connectivity index (χ1n) is 27.4. The van der Waals surface area contributed by atoms with Gasteiger partial charge in [-0.2, -0.15) is 0 Å². The van der Waals surface area contributed by atoms with Crippen LogP contribution in [0.1, 0.15) is 239 Å². The van der Waals surface area contributed by atoms with Crippen molar-refractivity contribution in [3.63, 3.8) is 0 Å². The van der Waals surface area contributed by atoms with Crippen LogP contribution >= 0.6 is 0 Å². The van der Waals surface area contributed by atoms with Gasteiger partial charge in [0.25, 0.3) is 0 Å². The molecule has 0 saturated heterocycles.